The molecule has 1 nitrogen and oxygen atoms in total. The van der Waals surface area contributed by atoms with Gasteiger partial charge in [0, 0.05) is 5.41 Å². The zero-order valence-electron chi connectivity index (χ0n) is 21.8. The lowest BCUT2D eigenvalue weighted by Crippen LogP contribution is -2.66. The molecule has 0 radical (unpaired) electrons. The average Bonchev–Trinajstić information content (AvgIpc) is 3.12. The Morgan fingerprint density at radius 1 is 0.844 bits per heavy atom. The minimum atomic E-state index is -0.141. The van der Waals surface area contributed by atoms with Gasteiger partial charge in [-0.3, -0.25) is 0 Å². The molecule has 5 saturated carbocycles. The van der Waals surface area contributed by atoms with Crippen molar-refractivity contribution in [3.05, 3.63) is 12.2 Å². The molecule has 0 amide bonds. The summed E-state index contributed by atoms with van der Waals surface area (Å²) in [6, 6.07) is 0. The van der Waals surface area contributed by atoms with Gasteiger partial charge < -0.3 is 5.11 Å². The van der Waals surface area contributed by atoms with Crippen molar-refractivity contribution in [1.82, 2.24) is 0 Å². The maximum Gasteiger partial charge on any atom is 0.0594 e. The number of hydrogen-bond acceptors (Lipinski definition) is 1. The van der Waals surface area contributed by atoms with E-state index in [0.717, 1.165) is 18.3 Å². The van der Waals surface area contributed by atoms with E-state index in [1.165, 1.54) is 63.4 Å². The maximum atomic E-state index is 10.9. The topological polar surface area (TPSA) is 20.2 Å². The van der Waals surface area contributed by atoms with Crippen LogP contribution in [0.5, 0.6) is 0 Å². The van der Waals surface area contributed by atoms with Crippen molar-refractivity contribution in [2.24, 2.45) is 56.7 Å². The standard InChI is InChI=1S/C31H48O/c1-9-31-17-12-21(20(2)3)26(31)22-10-11-24-28(6)15-14-25(32)27(4,5)23(28)13-16-30(24,8)29(22,7)18-19-31/h1,21-26,32H,2,10-19H2,3-8H3/t21?,22?,23?,24?,25-,26?,28-,29+,30+,31+/m0/s1. The fourth-order valence-electron chi connectivity index (χ4n) is 11.4. The molecule has 0 aromatic heterocycles. The SMILES string of the molecule is C#C[C@]12CCC(C(=C)C)C1C1CCC3[C@@]4(C)CC[C@H](O)C(C)(C)C4CC[C@@]3(C)[C@]1(C)CC2. The van der Waals surface area contributed by atoms with Crippen LogP contribution in [0, 0.1) is 69.0 Å². The molecule has 5 aliphatic rings. The molecule has 5 fully saturated rings. The van der Waals surface area contributed by atoms with Crippen molar-refractivity contribution in [3.63, 3.8) is 0 Å². The van der Waals surface area contributed by atoms with Crippen LogP contribution in [-0.2, 0) is 0 Å². The fraction of sp³-hybridized carbons (Fsp3) is 0.871. The summed E-state index contributed by atoms with van der Waals surface area (Å²) in [5.74, 6) is 6.79. The molecule has 5 rings (SSSR count). The molecule has 178 valence electrons. The molecule has 0 aromatic rings. The molecule has 32 heavy (non-hydrogen) atoms. The number of rotatable bonds is 1. The van der Waals surface area contributed by atoms with Crippen LogP contribution < -0.4 is 0 Å². The summed E-state index contributed by atoms with van der Waals surface area (Å²) in [5, 5.41) is 10.9. The van der Waals surface area contributed by atoms with Gasteiger partial charge in [-0.15, -0.1) is 6.42 Å². The lowest BCUT2D eigenvalue weighted by atomic mass is 9.32. The number of allylic oxidation sites excluding steroid dienone is 1. The van der Waals surface area contributed by atoms with Crippen molar-refractivity contribution >= 4 is 0 Å². The summed E-state index contributed by atoms with van der Waals surface area (Å²) in [7, 11) is 0. The summed E-state index contributed by atoms with van der Waals surface area (Å²) in [6.07, 6.45) is 18.7. The summed E-state index contributed by atoms with van der Waals surface area (Å²) >= 11 is 0. The molecule has 5 aliphatic carbocycles. The number of fused-ring (bicyclic) bond motifs is 7. The Kier molecular flexibility index (Phi) is 4.97. The van der Waals surface area contributed by atoms with Gasteiger partial charge >= 0.3 is 0 Å². The Morgan fingerprint density at radius 2 is 1.56 bits per heavy atom. The number of aliphatic hydroxyl groups excluding tert-OH is 1. The second-order valence-corrected chi connectivity index (χ2v) is 14.4. The number of aliphatic hydroxyl groups is 1. The van der Waals surface area contributed by atoms with E-state index in [-0.39, 0.29) is 16.9 Å². The van der Waals surface area contributed by atoms with Crippen LogP contribution in [-0.4, -0.2) is 11.2 Å². The highest BCUT2D eigenvalue weighted by Gasteiger charge is 2.70. The molecule has 1 N–H and O–H groups in total. The predicted octanol–water partition coefficient (Wildman–Crippen LogP) is 7.64. The van der Waals surface area contributed by atoms with Crippen LogP contribution in [0.15, 0.2) is 12.2 Å². The molecule has 0 saturated heterocycles. The first kappa shape index (κ1) is 23.0. The molecular weight excluding hydrogens is 388 g/mol. The van der Waals surface area contributed by atoms with Gasteiger partial charge in [0.1, 0.15) is 0 Å². The first-order chi connectivity index (χ1) is 14.9. The third-order valence-electron chi connectivity index (χ3n) is 13.3. The second kappa shape index (κ2) is 6.90. The van der Waals surface area contributed by atoms with Crippen LogP contribution in [0.4, 0.5) is 0 Å². The van der Waals surface area contributed by atoms with Crippen LogP contribution in [0.25, 0.3) is 0 Å². The van der Waals surface area contributed by atoms with Gasteiger partial charge in [-0.1, -0.05) is 52.7 Å². The van der Waals surface area contributed by atoms with Crippen molar-refractivity contribution in [2.75, 3.05) is 0 Å². The molecule has 1 heteroatoms. The van der Waals surface area contributed by atoms with Gasteiger partial charge in [-0.2, -0.15) is 0 Å². The van der Waals surface area contributed by atoms with Gasteiger partial charge in [0.15, 0.2) is 0 Å². The molecule has 10 atom stereocenters. The van der Waals surface area contributed by atoms with E-state index in [4.69, 9.17) is 6.42 Å². The van der Waals surface area contributed by atoms with Gasteiger partial charge in [0.2, 0.25) is 0 Å². The summed E-state index contributed by atoms with van der Waals surface area (Å²) in [5.41, 5.74) is 2.63. The third kappa shape index (κ3) is 2.58. The maximum absolute atomic E-state index is 10.9. The summed E-state index contributed by atoms with van der Waals surface area (Å²) in [4.78, 5) is 0. The molecule has 0 aliphatic heterocycles. The number of terminal acetylenes is 1. The van der Waals surface area contributed by atoms with Crippen LogP contribution >= 0.6 is 0 Å². The van der Waals surface area contributed by atoms with Gasteiger partial charge in [-0.25, -0.2) is 0 Å². The van der Waals surface area contributed by atoms with Crippen molar-refractivity contribution in [3.8, 4) is 12.3 Å². The minimum absolute atomic E-state index is 0.0355. The Hall–Kier alpha value is -0.740. The predicted molar refractivity (Wildman–Crippen MR) is 134 cm³/mol. The summed E-state index contributed by atoms with van der Waals surface area (Å²) in [6.45, 7) is 19.4. The van der Waals surface area contributed by atoms with E-state index in [1.807, 2.05) is 0 Å². The van der Waals surface area contributed by atoms with Gasteiger partial charge in [0.05, 0.1) is 6.10 Å². The molecule has 0 aromatic carbocycles. The third-order valence-corrected chi connectivity index (χ3v) is 13.3. The Balaban J connectivity index is 1.56. The fourth-order valence-corrected chi connectivity index (χ4v) is 11.4. The molecule has 0 spiro atoms. The Bertz CT molecular complexity index is 847. The quantitative estimate of drug-likeness (QED) is 0.331. The largest absolute Gasteiger partial charge is 0.393 e. The van der Waals surface area contributed by atoms with E-state index in [1.54, 1.807) is 0 Å². The molecule has 0 bridgehead atoms. The zero-order chi connectivity index (χ0) is 23.3. The highest BCUT2D eigenvalue weighted by atomic mass is 16.3. The van der Waals surface area contributed by atoms with E-state index in [2.05, 4.69) is 54.0 Å². The first-order valence-electron chi connectivity index (χ1n) is 13.7. The van der Waals surface area contributed by atoms with E-state index < -0.39 is 0 Å². The highest BCUT2D eigenvalue weighted by Crippen LogP contribution is 2.77. The monoisotopic (exact) mass is 436 g/mol. The molecule has 0 heterocycles. The van der Waals surface area contributed by atoms with Crippen LogP contribution in [0.1, 0.15) is 106 Å². The van der Waals surface area contributed by atoms with E-state index in [9.17, 15) is 5.11 Å². The lowest BCUT2D eigenvalue weighted by molar-refractivity contribution is -0.244. The van der Waals surface area contributed by atoms with Crippen LogP contribution in [0.3, 0.4) is 0 Å². The van der Waals surface area contributed by atoms with E-state index in [0.29, 0.717) is 34.0 Å². The normalized spacial score (nSPS) is 56.2. The van der Waals surface area contributed by atoms with Gasteiger partial charge in [0.25, 0.3) is 0 Å². The number of hydrogen-bond donors (Lipinski definition) is 1. The minimum Gasteiger partial charge on any atom is -0.393 e. The van der Waals surface area contributed by atoms with Crippen LogP contribution in [0.2, 0.25) is 0 Å². The average molecular weight is 437 g/mol. The zero-order valence-corrected chi connectivity index (χ0v) is 21.8. The van der Waals surface area contributed by atoms with E-state index >= 15 is 0 Å². The Labute approximate surface area is 198 Å². The molecule has 5 unspecified atom stereocenters. The van der Waals surface area contributed by atoms with Gasteiger partial charge in [-0.05, 0) is 122 Å². The van der Waals surface area contributed by atoms with Crippen molar-refractivity contribution in [2.45, 2.75) is 112 Å². The Morgan fingerprint density at radius 3 is 2.22 bits per heavy atom. The second-order valence-electron chi connectivity index (χ2n) is 14.4. The van der Waals surface area contributed by atoms with Crippen molar-refractivity contribution in [1.29, 1.82) is 0 Å². The highest BCUT2D eigenvalue weighted by molar-refractivity contribution is 5.26. The first-order valence-corrected chi connectivity index (χ1v) is 13.7. The summed E-state index contributed by atoms with van der Waals surface area (Å²) < 4.78 is 0. The lowest BCUT2D eigenvalue weighted by Gasteiger charge is -2.72. The van der Waals surface area contributed by atoms with Crippen molar-refractivity contribution < 1.29 is 5.11 Å². The molecular formula is C31H48O. The smallest absolute Gasteiger partial charge is 0.0594 e.